The van der Waals surface area contributed by atoms with Crippen molar-refractivity contribution in [3.05, 3.63) is 30.1 Å². The minimum Gasteiger partial charge on any atom is -0.328 e. The summed E-state index contributed by atoms with van der Waals surface area (Å²) < 4.78 is 2.15. The zero-order valence-electron chi connectivity index (χ0n) is 12.5. The molecule has 1 aromatic heterocycles. The molecule has 0 radical (unpaired) electrons. The van der Waals surface area contributed by atoms with Gasteiger partial charge in [0.1, 0.15) is 11.6 Å². The molecule has 0 amide bonds. The fraction of sp³-hybridized carbons (Fsp3) is 0.500. The van der Waals surface area contributed by atoms with Gasteiger partial charge in [0, 0.05) is 18.5 Å². The molecule has 2 unspecified atom stereocenters. The second-order valence-corrected chi connectivity index (χ2v) is 5.46. The number of aromatic nitrogens is 2. The van der Waals surface area contributed by atoms with Crippen LogP contribution < -0.4 is 5.73 Å². The normalized spacial score (nSPS) is 14.4. The minimum absolute atomic E-state index is 0.119. The summed E-state index contributed by atoms with van der Waals surface area (Å²) in [4.78, 5) is 16.9. The van der Waals surface area contributed by atoms with Crippen LogP contribution in [0.15, 0.2) is 24.3 Å². The van der Waals surface area contributed by atoms with Crippen LogP contribution in [0.25, 0.3) is 11.0 Å². The fourth-order valence-corrected chi connectivity index (χ4v) is 2.34. The smallest absolute Gasteiger partial charge is 0.144 e. The molecule has 0 aliphatic rings. The Labute approximate surface area is 120 Å². The van der Waals surface area contributed by atoms with Crippen LogP contribution in [0.2, 0.25) is 0 Å². The molecule has 0 saturated carbocycles. The lowest BCUT2D eigenvalue weighted by atomic mass is 9.97. The zero-order valence-corrected chi connectivity index (χ0v) is 12.5. The van der Waals surface area contributed by atoms with Crippen molar-refractivity contribution in [1.82, 2.24) is 9.55 Å². The summed E-state index contributed by atoms with van der Waals surface area (Å²) in [6.45, 7) is 6.78. The molecule has 0 bridgehead atoms. The molecule has 0 aliphatic carbocycles. The number of nitrogens with zero attached hydrogens (tertiary/aromatic N) is 2. The van der Waals surface area contributed by atoms with Gasteiger partial charge in [-0.2, -0.15) is 0 Å². The Kier molecular flexibility index (Phi) is 4.55. The predicted octanol–water partition coefficient (Wildman–Crippen LogP) is 2.54. The van der Waals surface area contributed by atoms with E-state index in [1.54, 1.807) is 0 Å². The van der Waals surface area contributed by atoms with E-state index < -0.39 is 0 Å². The highest BCUT2D eigenvalue weighted by Gasteiger charge is 2.20. The molecular weight excluding hydrogens is 250 g/mol. The largest absolute Gasteiger partial charge is 0.328 e. The van der Waals surface area contributed by atoms with E-state index >= 15 is 0 Å². The van der Waals surface area contributed by atoms with Crippen molar-refractivity contribution in [2.75, 3.05) is 0 Å². The van der Waals surface area contributed by atoms with Gasteiger partial charge in [-0.05, 0) is 25.5 Å². The number of nitrogens with two attached hydrogens (primary N) is 1. The van der Waals surface area contributed by atoms with Crippen molar-refractivity contribution in [2.24, 2.45) is 11.7 Å². The van der Waals surface area contributed by atoms with Gasteiger partial charge in [-0.15, -0.1) is 0 Å². The molecule has 1 aromatic carbocycles. The van der Waals surface area contributed by atoms with E-state index in [-0.39, 0.29) is 17.7 Å². The van der Waals surface area contributed by atoms with Crippen LogP contribution in [0.5, 0.6) is 0 Å². The molecule has 2 atom stereocenters. The number of para-hydroxylation sites is 2. The lowest BCUT2D eigenvalue weighted by molar-refractivity contribution is -0.122. The number of rotatable bonds is 6. The number of hydrogen-bond donors (Lipinski definition) is 1. The molecule has 2 N–H and O–H groups in total. The highest BCUT2D eigenvalue weighted by atomic mass is 16.1. The summed E-state index contributed by atoms with van der Waals surface area (Å²) >= 11 is 0. The summed E-state index contributed by atoms with van der Waals surface area (Å²) in [7, 11) is 0. The number of fused-ring (bicyclic) bond motifs is 1. The zero-order chi connectivity index (χ0) is 14.7. The molecular formula is C16H23N3O. The van der Waals surface area contributed by atoms with E-state index in [1.807, 2.05) is 32.0 Å². The number of hydrogen-bond acceptors (Lipinski definition) is 3. The molecule has 0 aliphatic heterocycles. The Hall–Kier alpha value is -1.68. The number of carbonyl (C=O) groups is 1. The summed E-state index contributed by atoms with van der Waals surface area (Å²) in [6, 6.07) is 7.91. The Morgan fingerprint density at radius 3 is 2.70 bits per heavy atom. The molecule has 0 saturated heterocycles. The predicted molar refractivity (Wildman–Crippen MR) is 81.5 cm³/mol. The van der Waals surface area contributed by atoms with Crippen molar-refractivity contribution in [3.8, 4) is 0 Å². The molecule has 0 fully saturated rings. The lowest BCUT2D eigenvalue weighted by Crippen LogP contribution is -2.32. The van der Waals surface area contributed by atoms with E-state index in [2.05, 4.69) is 22.5 Å². The van der Waals surface area contributed by atoms with Crippen LogP contribution in [-0.2, 0) is 17.8 Å². The first-order valence-electron chi connectivity index (χ1n) is 7.27. The van der Waals surface area contributed by atoms with E-state index in [0.717, 1.165) is 29.8 Å². The van der Waals surface area contributed by atoms with Gasteiger partial charge < -0.3 is 10.3 Å². The first-order chi connectivity index (χ1) is 9.54. The van der Waals surface area contributed by atoms with Gasteiger partial charge in [-0.1, -0.05) is 26.0 Å². The summed E-state index contributed by atoms with van der Waals surface area (Å²) in [5.74, 6) is 0.878. The second-order valence-electron chi connectivity index (χ2n) is 5.46. The summed E-state index contributed by atoms with van der Waals surface area (Å²) in [6.07, 6.45) is 1.38. The minimum atomic E-state index is -0.134. The van der Waals surface area contributed by atoms with Crippen molar-refractivity contribution in [2.45, 2.75) is 46.2 Å². The van der Waals surface area contributed by atoms with Gasteiger partial charge in [-0.3, -0.25) is 4.79 Å². The van der Waals surface area contributed by atoms with E-state index in [9.17, 15) is 4.79 Å². The number of benzene rings is 1. The van der Waals surface area contributed by atoms with Gasteiger partial charge in [0.15, 0.2) is 0 Å². The van der Waals surface area contributed by atoms with Crippen LogP contribution in [-0.4, -0.2) is 21.4 Å². The summed E-state index contributed by atoms with van der Waals surface area (Å²) in [5, 5.41) is 0. The SMILES string of the molecule is CCCn1c(CC(=O)C(C)C(C)N)nc2ccccc21. The topological polar surface area (TPSA) is 60.9 Å². The maximum Gasteiger partial charge on any atom is 0.144 e. The number of aryl methyl sites for hydroxylation is 1. The van der Waals surface area contributed by atoms with Crippen molar-refractivity contribution in [3.63, 3.8) is 0 Å². The van der Waals surface area contributed by atoms with Gasteiger partial charge in [0.05, 0.1) is 17.5 Å². The monoisotopic (exact) mass is 273 g/mol. The third-order valence-corrected chi connectivity index (χ3v) is 3.81. The quantitative estimate of drug-likeness (QED) is 0.879. The second kappa shape index (κ2) is 6.18. The number of ketones is 1. The van der Waals surface area contributed by atoms with Gasteiger partial charge in [0.25, 0.3) is 0 Å². The standard InChI is InChI=1S/C16H23N3O/c1-4-9-19-14-8-6-5-7-13(14)18-16(19)10-15(20)11(2)12(3)17/h5-8,11-12H,4,9-10,17H2,1-3H3. The van der Waals surface area contributed by atoms with Crippen LogP contribution >= 0.6 is 0 Å². The van der Waals surface area contributed by atoms with Crippen LogP contribution in [0, 0.1) is 5.92 Å². The highest BCUT2D eigenvalue weighted by Crippen LogP contribution is 2.18. The average Bonchev–Trinajstić information content (AvgIpc) is 2.76. The first-order valence-corrected chi connectivity index (χ1v) is 7.27. The highest BCUT2D eigenvalue weighted by molar-refractivity contribution is 5.84. The fourth-order valence-electron chi connectivity index (χ4n) is 2.34. The van der Waals surface area contributed by atoms with E-state index in [0.29, 0.717) is 6.42 Å². The van der Waals surface area contributed by atoms with Crippen LogP contribution in [0.3, 0.4) is 0 Å². The van der Waals surface area contributed by atoms with E-state index in [4.69, 9.17) is 5.73 Å². The molecule has 2 rings (SSSR count). The Balaban J connectivity index is 2.33. The van der Waals surface area contributed by atoms with Gasteiger partial charge >= 0.3 is 0 Å². The molecule has 0 spiro atoms. The number of imidazole rings is 1. The molecule has 1 heterocycles. The molecule has 2 aromatic rings. The maximum atomic E-state index is 12.3. The van der Waals surface area contributed by atoms with Crippen molar-refractivity contribution in [1.29, 1.82) is 0 Å². The number of carbonyl (C=O) groups excluding carboxylic acids is 1. The molecule has 4 nitrogen and oxygen atoms in total. The third-order valence-electron chi connectivity index (χ3n) is 3.81. The first kappa shape index (κ1) is 14.7. The Morgan fingerprint density at radius 1 is 1.35 bits per heavy atom. The summed E-state index contributed by atoms with van der Waals surface area (Å²) in [5.41, 5.74) is 7.87. The maximum absolute atomic E-state index is 12.3. The number of Topliss-reactive ketones (excluding diaryl/α,β-unsaturated/α-hetero) is 1. The van der Waals surface area contributed by atoms with E-state index in [1.165, 1.54) is 0 Å². The lowest BCUT2D eigenvalue weighted by Gasteiger charge is -2.14. The van der Waals surface area contributed by atoms with Crippen LogP contribution in [0.1, 0.15) is 33.0 Å². The molecule has 108 valence electrons. The Bertz CT molecular complexity index is 601. The molecule has 4 heteroatoms. The van der Waals surface area contributed by atoms with Crippen LogP contribution in [0.4, 0.5) is 0 Å². The van der Waals surface area contributed by atoms with Crippen molar-refractivity contribution < 1.29 is 4.79 Å². The molecule has 20 heavy (non-hydrogen) atoms. The van der Waals surface area contributed by atoms with Gasteiger partial charge in [-0.25, -0.2) is 4.98 Å². The Morgan fingerprint density at radius 2 is 2.05 bits per heavy atom. The average molecular weight is 273 g/mol. The van der Waals surface area contributed by atoms with Crippen molar-refractivity contribution >= 4 is 16.8 Å². The third kappa shape index (κ3) is 2.90. The van der Waals surface area contributed by atoms with Gasteiger partial charge in [0.2, 0.25) is 0 Å².